The number of hydrogen-bond donors (Lipinski definition) is 1. The van der Waals surface area contributed by atoms with Crippen LogP contribution in [-0.2, 0) is 4.79 Å². The van der Waals surface area contributed by atoms with Crippen molar-refractivity contribution in [2.45, 2.75) is 0 Å². The van der Waals surface area contributed by atoms with Crippen LogP contribution in [0, 0.1) is 11.6 Å². The molecule has 20 heavy (non-hydrogen) atoms. The van der Waals surface area contributed by atoms with Gasteiger partial charge in [-0.25, -0.2) is 8.78 Å². The van der Waals surface area contributed by atoms with Crippen LogP contribution in [-0.4, -0.2) is 12.5 Å². The molecule has 104 valence electrons. The monoisotopic (exact) mass is 341 g/mol. The van der Waals surface area contributed by atoms with Crippen LogP contribution in [0.5, 0.6) is 5.75 Å². The van der Waals surface area contributed by atoms with Gasteiger partial charge in [-0.1, -0.05) is 22.0 Å². The number of ether oxygens (including phenoxy) is 1. The third-order valence-electron chi connectivity index (χ3n) is 2.37. The Kier molecular flexibility index (Phi) is 4.68. The first-order valence-corrected chi connectivity index (χ1v) is 6.47. The van der Waals surface area contributed by atoms with E-state index in [1.165, 1.54) is 0 Å². The maximum atomic E-state index is 13.3. The third kappa shape index (κ3) is 4.03. The SMILES string of the molecule is O=C(COc1cccc(Br)c1)Nc1cc(F)ccc1F. The Morgan fingerprint density at radius 1 is 1.20 bits per heavy atom. The quantitative estimate of drug-likeness (QED) is 0.919. The van der Waals surface area contributed by atoms with Gasteiger partial charge in [-0.3, -0.25) is 4.79 Å². The highest BCUT2D eigenvalue weighted by atomic mass is 79.9. The summed E-state index contributed by atoms with van der Waals surface area (Å²) in [7, 11) is 0. The van der Waals surface area contributed by atoms with E-state index < -0.39 is 17.5 Å². The summed E-state index contributed by atoms with van der Waals surface area (Å²) >= 11 is 3.27. The highest BCUT2D eigenvalue weighted by molar-refractivity contribution is 9.10. The van der Waals surface area contributed by atoms with Crippen LogP contribution in [0.3, 0.4) is 0 Å². The van der Waals surface area contributed by atoms with Crippen LogP contribution in [0.25, 0.3) is 0 Å². The van der Waals surface area contributed by atoms with Crippen molar-refractivity contribution in [2.24, 2.45) is 0 Å². The first kappa shape index (κ1) is 14.5. The van der Waals surface area contributed by atoms with Crippen molar-refractivity contribution in [3.63, 3.8) is 0 Å². The van der Waals surface area contributed by atoms with Gasteiger partial charge in [0.1, 0.15) is 17.4 Å². The molecule has 0 spiro atoms. The number of hydrogen-bond acceptors (Lipinski definition) is 2. The van der Waals surface area contributed by atoms with Crippen LogP contribution in [0.1, 0.15) is 0 Å². The van der Waals surface area contributed by atoms with Crippen LogP contribution in [0.4, 0.5) is 14.5 Å². The summed E-state index contributed by atoms with van der Waals surface area (Å²) in [5.74, 6) is -1.42. The van der Waals surface area contributed by atoms with Gasteiger partial charge in [-0.05, 0) is 30.3 Å². The van der Waals surface area contributed by atoms with Gasteiger partial charge in [0.2, 0.25) is 0 Å². The van der Waals surface area contributed by atoms with Gasteiger partial charge < -0.3 is 10.1 Å². The second kappa shape index (κ2) is 6.47. The summed E-state index contributed by atoms with van der Waals surface area (Å²) in [6.07, 6.45) is 0. The Hall–Kier alpha value is -1.95. The first-order chi connectivity index (χ1) is 9.54. The van der Waals surface area contributed by atoms with Gasteiger partial charge >= 0.3 is 0 Å². The molecule has 0 atom stereocenters. The van der Waals surface area contributed by atoms with Crippen molar-refractivity contribution in [3.05, 3.63) is 58.6 Å². The van der Waals surface area contributed by atoms with Gasteiger partial charge in [0, 0.05) is 10.5 Å². The Morgan fingerprint density at radius 3 is 2.75 bits per heavy atom. The van der Waals surface area contributed by atoms with Crippen LogP contribution in [0.2, 0.25) is 0 Å². The molecule has 0 aliphatic carbocycles. The zero-order valence-corrected chi connectivity index (χ0v) is 11.8. The molecule has 0 radical (unpaired) electrons. The lowest BCUT2D eigenvalue weighted by Gasteiger charge is -2.08. The topological polar surface area (TPSA) is 38.3 Å². The highest BCUT2D eigenvalue weighted by Gasteiger charge is 2.09. The van der Waals surface area contributed by atoms with Gasteiger partial charge in [0.05, 0.1) is 5.69 Å². The Balaban J connectivity index is 1.94. The summed E-state index contributed by atoms with van der Waals surface area (Å²) in [6.45, 7) is -0.299. The molecule has 6 heteroatoms. The average Bonchev–Trinajstić information content (AvgIpc) is 2.41. The van der Waals surface area contributed by atoms with Gasteiger partial charge in [-0.2, -0.15) is 0 Å². The van der Waals surface area contributed by atoms with Gasteiger partial charge in [0.25, 0.3) is 5.91 Å². The molecule has 0 unspecified atom stereocenters. The normalized spacial score (nSPS) is 10.2. The van der Waals surface area contributed by atoms with E-state index in [2.05, 4.69) is 21.2 Å². The first-order valence-electron chi connectivity index (χ1n) is 5.68. The minimum Gasteiger partial charge on any atom is -0.484 e. The maximum Gasteiger partial charge on any atom is 0.262 e. The summed E-state index contributed by atoms with van der Waals surface area (Å²) in [5, 5.41) is 2.25. The molecule has 0 bridgehead atoms. The number of anilines is 1. The van der Waals surface area contributed by atoms with E-state index in [1.807, 2.05) is 6.07 Å². The zero-order chi connectivity index (χ0) is 14.5. The highest BCUT2D eigenvalue weighted by Crippen LogP contribution is 2.18. The van der Waals surface area contributed by atoms with Crippen LogP contribution in [0.15, 0.2) is 46.9 Å². The predicted molar refractivity (Wildman–Crippen MR) is 74.6 cm³/mol. The third-order valence-corrected chi connectivity index (χ3v) is 2.86. The molecule has 0 saturated heterocycles. The number of rotatable bonds is 4. The van der Waals surface area contributed by atoms with Crippen molar-refractivity contribution in [3.8, 4) is 5.75 Å². The number of carbonyl (C=O) groups excluding carboxylic acids is 1. The fraction of sp³-hybridized carbons (Fsp3) is 0.0714. The van der Waals surface area contributed by atoms with E-state index in [0.717, 1.165) is 22.7 Å². The second-order valence-corrected chi connectivity index (χ2v) is 4.83. The fourth-order valence-corrected chi connectivity index (χ4v) is 1.86. The molecule has 0 aliphatic rings. The van der Waals surface area contributed by atoms with Crippen molar-refractivity contribution in [1.29, 1.82) is 0 Å². The molecule has 2 aromatic rings. The van der Waals surface area contributed by atoms with Crippen molar-refractivity contribution in [1.82, 2.24) is 0 Å². The summed E-state index contributed by atoms with van der Waals surface area (Å²) in [6, 6.07) is 9.77. The lowest BCUT2D eigenvalue weighted by molar-refractivity contribution is -0.118. The lowest BCUT2D eigenvalue weighted by atomic mass is 10.3. The van der Waals surface area contributed by atoms with Crippen molar-refractivity contribution < 1.29 is 18.3 Å². The molecule has 0 aromatic heterocycles. The molecule has 2 rings (SSSR count). The Labute approximate surface area is 122 Å². The summed E-state index contributed by atoms with van der Waals surface area (Å²) in [5.41, 5.74) is -0.215. The summed E-state index contributed by atoms with van der Waals surface area (Å²) < 4.78 is 32.3. The Morgan fingerprint density at radius 2 is 2.00 bits per heavy atom. The van der Waals surface area contributed by atoms with Crippen LogP contribution < -0.4 is 10.1 Å². The molecule has 2 aromatic carbocycles. The molecule has 0 aliphatic heterocycles. The molecule has 0 fully saturated rings. The number of amides is 1. The predicted octanol–water partition coefficient (Wildman–Crippen LogP) is 3.74. The average molecular weight is 342 g/mol. The minimum atomic E-state index is -0.706. The number of nitrogens with one attached hydrogen (secondary N) is 1. The number of benzene rings is 2. The van der Waals surface area contributed by atoms with Gasteiger partial charge in [0.15, 0.2) is 6.61 Å². The van der Waals surface area contributed by atoms with Gasteiger partial charge in [-0.15, -0.1) is 0 Å². The molecule has 0 saturated carbocycles. The lowest BCUT2D eigenvalue weighted by Crippen LogP contribution is -2.20. The van der Waals surface area contributed by atoms with E-state index in [-0.39, 0.29) is 12.3 Å². The molecule has 3 nitrogen and oxygen atoms in total. The van der Waals surface area contributed by atoms with E-state index in [4.69, 9.17) is 4.74 Å². The molecular formula is C14H10BrF2NO2. The molecule has 0 heterocycles. The number of carbonyl (C=O) groups is 1. The van der Waals surface area contributed by atoms with Crippen LogP contribution >= 0.6 is 15.9 Å². The van der Waals surface area contributed by atoms with E-state index in [0.29, 0.717) is 5.75 Å². The Bertz CT molecular complexity index is 634. The molecule has 1 N–H and O–H groups in total. The van der Waals surface area contributed by atoms with E-state index in [1.54, 1.807) is 18.2 Å². The molecular weight excluding hydrogens is 332 g/mol. The summed E-state index contributed by atoms with van der Waals surface area (Å²) in [4.78, 5) is 11.6. The minimum absolute atomic E-state index is 0.215. The van der Waals surface area contributed by atoms with Crippen molar-refractivity contribution in [2.75, 3.05) is 11.9 Å². The smallest absolute Gasteiger partial charge is 0.262 e. The van der Waals surface area contributed by atoms with E-state index in [9.17, 15) is 13.6 Å². The van der Waals surface area contributed by atoms with Crippen molar-refractivity contribution >= 4 is 27.5 Å². The standard InChI is InChI=1S/C14H10BrF2NO2/c15-9-2-1-3-11(6-9)20-8-14(19)18-13-7-10(16)4-5-12(13)17/h1-7H,8H2,(H,18,19). The second-order valence-electron chi connectivity index (χ2n) is 3.92. The maximum absolute atomic E-state index is 13.3. The zero-order valence-electron chi connectivity index (χ0n) is 10.2. The number of halogens is 3. The largest absolute Gasteiger partial charge is 0.484 e. The van der Waals surface area contributed by atoms with E-state index >= 15 is 0 Å². The molecule has 1 amide bonds. The fourth-order valence-electron chi connectivity index (χ4n) is 1.49.